The Kier molecular flexibility index (Phi) is 5.64. The van der Waals surface area contributed by atoms with Gasteiger partial charge in [-0.25, -0.2) is 0 Å². The number of likely N-dealkylation sites (N-methyl/N-ethyl adjacent to an activating group) is 1. The smallest absolute Gasteiger partial charge is 0.310 e. The maximum Gasteiger partial charge on any atom is 0.416 e. The Morgan fingerprint density at radius 1 is 0.909 bits per heavy atom. The second-order valence-electron chi connectivity index (χ2n) is 7.46. The molecule has 8 heteroatoms. The molecule has 0 bridgehead atoms. The Morgan fingerprint density at radius 3 is 2.15 bits per heavy atom. The lowest BCUT2D eigenvalue weighted by Crippen LogP contribution is -2.39. The van der Waals surface area contributed by atoms with Gasteiger partial charge in [0.2, 0.25) is 11.8 Å². The summed E-state index contributed by atoms with van der Waals surface area (Å²) >= 11 is 0. The molecule has 5 nitrogen and oxygen atoms in total. The molecule has 1 unspecified atom stereocenters. The number of carbonyl (C=O) groups is 2. The third kappa shape index (κ3) is 3.94. The van der Waals surface area contributed by atoms with Gasteiger partial charge in [0.1, 0.15) is 5.92 Å². The summed E-state index contributed by atoms with van der Waals surface area (Å²) in [6.45, 7) is 1.84. The third-order valence-corrected chi connectivity index (χ3v) is 5.52. The number of hydrogen-bond donors (Lipinski definition) is 0. The molecule has 1 aliphatic heterocycles. The first-order valence-electron chi connectivity index (χ1n) is 10.2. The van der Waals surface area contributed by atoms with Crippen LogP contribution in [-0.2, 0) is 15.8 Å². The molecule has 1 atom stereocenters. The van der Waals surface area contributed by atoms with E-state index in [1.54, 1.807) is 37.3 Å². The number of carbonyl (C=O) groups excluding carboxylic acids is 2. The van der Waals surface area contributed by atoms with Gasteiger partial charge in [-0.05, 0) is 55.0 Å². The topological polar surface area (TPSA) is 64.4 Å². The van der Waals surface area contributed by atoms with Crippen LogP contribution in [-0.4, -0.2) is 18.4 Å². The van der Waals surface area contributed by atoms with Crippen molar-refractivity contribution in [3.05, 3.63) is 89.5 Å². The number of hydrogen-bond acceptors (Lipinski definition) is 3. The second-order valence-corrected chi connectivity index (χ2v) is 7.46. The quantitative estimate of drug-likeness (QED) is 0.504. The van der Waals surface area contributed by atoms with Gasteiger partial charge in [-0.3, -0.25) is 14.5 Å². The lowest BCUT2D eigenvalue weighted by molar-refractivity contribution is -0.137. The Labute approximate surface area is 188 Å². The number of amides is 2. The highest BCUT2D eigenvalue weighted by atomic mass is 19.4. The number of benzene rings is 3. The van der Waals surface area contributed by atoms with Crippen LogP contribution in [0.1, 0.15) is 29.5 Å². The van der Waals surface area contributed by atoms with Crippen molar-refractivity contribution in [2.75, 3.05) is 16.3 Å². The van der Waals surface area contributed by atoms with E-state index in [-0.39, 0.29) is 17.9 Å². The van der Waals surface area contributed by atoms with E-state index in [2.05, 4.69) is 0 Å². The summed E-state index contributed by atoms with van der Waals surface area (Å²) in [5.41, 5.74) is 0.323. The molecule has 0 fully saturated rings. The van der Waals surface area contributed by atoms with Gasteiger partial charge in [0.05, 0.1) is 28.6 Å². The van der Waals surface area contributed by atoms with Gasteiger partial charge < -0.3 is 4.90 Å². The fraction of sp³-hybridized carbons (Fsp3) is 0.160. The fourth-order valence-electron chi connectivity index (χ4n) is 3.94. The summed E-state index contributed by atoms with van der Waals surface area (Å²) in [6, 6.07) is 19.3. The minimum Gasteiger partial charge on any atom is -0.310 e. The van der Waals surface area contributed by atoms with E-state index < -0.39 is 29.5 Å². The summed E-state index contributed by atoms with van der Waals surface area (Å²) in [7, 11) is 0. The maximum atomic E-state index is 13.8. The summed E-state index contributed by atoms with van der Waals surface area (Å²) in [4.78, 5) is 29.9. The molecule has 0 spiro atoms. The highest BCUT2D eigenvalue weighted by Crippen LogP contribution is 2.44. The highest BCUT2D eigenvalue weighted by Gasteiger charge is 2.42. The van der Waals surface area contributed by atoms with Crippen molar-refractivity contribution in [3.63, 3.8) is 0 Å². The maximum absolute atomic E-state index is 13.8. The Morgan fingerprint density at radius 2 is 1.58 bits per heavy atom. The first-order chi connectivity index (χ1) is 15.8. The number of rotatable bonds is 3. The molecule has 0 aliphatic carbocycles. The van der Waals surface area contributed by atoms with Crippen molar-refractivity contribution in [1.29, 1.82) is 5.26 Å². The van der Waals surface area contributed by atoms with E-state index in [1.807, 2.05) is 6.07 Å². The Bertz CT molecular complexity index is 1250. The standard InChI is InChI=1S/C25H18F3N3O2/c1-2-30-20-13-12-18(25(26,27)28)14-21(20)31(19-6-4-3-5-7-19)24(33)22(23(30)32)17-10-8-16(15-29)9-11-17/h3-14,22H,2H2,1H3. The van der Waals surface area contributed by atoms with E-state index in [1.165, 1.54) is 40.1 Å². The predicted molar refractivity (Wildman–Crippen MR) is 117 cm³/mol. The minimum absolute atomic E-state index is 0.0210. The number of nitrogens with zero attached hydrogens (tertiary/aromatic N) is 3. The van der Waals surface area contributed by atoms with Gasteiger partial charge in [-0.2, -0.15) is 18.4 Å². The number of anilines is 3. The molecule has 4 rings (SSSR count). The summed E-state index contributed by atoms with van der Waals surface area (Å²) in [5, 5.41) is 9.08. The highest BCUT2D eigenvalue weighted by molar-refractivity contribution is 6.23. The first kappa shape index (κ1) is 22.1. The van der Waals surface area contributed by atoms with Crippen molar-refractivity contribution < 1.29 is 22.8 Å². The molecular weight excluding hydrogens is 431 g/mol. The lowest BCUT2D eigenvalue weighted by Gasteiger charge is -2.26. The van der Waals surface area contributed by atoms with Crippen molar-refractivity contribution in [3.8, 4) is 6.07 Å². The lowest BCUT2D eigenvalue weighted by atomic mass is 9.95. The van der Waals surface area contributed by atoms with Gasteiger partial charge >= 0.3 is 6.18 Å². The zero-order valence-electron chi connectivity index (χ0n) is 17.5. The largest absolute Gasteiger partial charge is 0.416 e. The number of alkyl halides is 3. The van der Waals surface area contributed by atoms with Crippen molar-refractivity contribution >= 4 is 28.9 Å². The molecule has 1 heterocycles. The number of halogens is 3. The molecule has 0 N–H and O–H groups in total. The Balaban J connectivity index is 1.98. The van der Waals surface area contributed by atoms with Crippen molar-refractivity contribution in [2.45, 2.75) is 19.0 Å². The molecular formula is C25H18F3N3O2. The summed E-state index contributed by atoms with van der Waals surface area (Å²) < 4.78 is 40.6. The van der Waals surface area contributed by atoms with Gasteiger partial charge in [-0.15, -0.1) is 0 Å². The Hall–Kier alpha value is -4.12. The van der Waals surface area contributed by atoms with E-state index in [0.29, 0.717) is 16.8 Å². The fourth-order valence-corrected chi connectivity index (χ4v) is 3.94. The van der Waals surface area contributed by atoms with Crippen LogP contribution in [0.15, 0.2) is 72.8 Å². The van der Waals surface area contributed by atoms with Crippen LogP contribution in [0, 0.1) is 11.3 Å². The molecule has 0 saturated carbocycles. The van der Waals surface area contributed by atoms with Crippen LogP contribution in [0.5, 0.6) is 0 Å². The number of nitriles is 1. The monoisotopic (exact) mass is 449 g/mol. The van der Waals surface area contributed by atoms with E-state index in [0.717, 1.165) is 12.1 Å². The zero-order valence-corrected chi connectivity index (χ0v) is 17.5. The predicted octanol–water partition coefficient (Wildman–Crippen LogP) is 5.39. The van der Waals surface area contributed by atoms with Crippen LogP contribution in [0.3, 0.4) is 0 Å². The molecule has 3 aromatic carbocycles. The van der Waals surface area contributed by atoms with Crippen molar-refractivity contribution in [1.82, 2.24) is 0 Å². The van der Waals surface area contributed by atoms with Crippen LogP contribution >= 0.6 is 0 Å². The van der Waals surface area contributed by atoms with Gasteiger partial charge in [0.15, 0.2) is 0 Å². The molecule has 3 aromatic rings. The van der Waals surface area contributed by atoms with Crippen LogP contribution in [0.4, 0.5) is 30.2 Å². The van der Waals surface area contributed by atoms with E-state index in [4.69, 9.17) is 5.26 Å². The van der Waals surface area contributed by atoms with Crippen molar-refractivity contribution in [2.24, 2.45) is 0 Å². The SMILES string of the molecule is CCN1C(=O)C(c2ccc(C#N)cc2)C(=O)N(c2ccccc2)c2cc(C(F)(F)F)ccc21. The van der Waals surface area contributed by atoms with Gasteiger partial charge in [0.25, 0.3) is 0 Å². The minimum atomic E-state index is -4.62. The molecule has 33 heavy (non-hydrogen) atoms. The summed E-state index contributed by atoms with van der Waals surface area (Å²) in [6.07, 6.45) is -4.62. The zero-order chi connectivity index (χ0) is 23.8. The molecule has 2 amide bonds. The van der Waals surface area contributed by atoms with Crippen LogP contribution in [0.2, 0.25) is 0 Å². The normalized spacial score (nSPS) is 16.3. The number of fused-ring (bicyclic) bond motifs is 1. The molecule has 0 aromatic heterocycles. The van der Waals surface area contributed by atoms with Crippen LogP contribution in [0.25, 0.3) is 0 Å². The molecule has 1 aliphatic rings. The second kappa shape index (κ2) is 8.43. The average Bonchev–Trinajstić information content (AvgIpc) is 2.90. The average molecular weight is 449 g/mol. The third-order valence-electron chi connectivity index (χ3n) is 5.52. The number of para-hydroxylation sites is 1. The van der Waals surface area contributed by atoms with Gasteiger partial charge in [-0.1, -0.05) is 30.3 Å². The van der Waals surface area contributed by atoms with Gasteiger partial charge in [0, 0.05) is 12.2 Å². The molecule has 166 valence electrons. The van der Waals surface area contributed by atoms with E-state index in [9.17, 15) is 22.8 Å². The molecule has 0 saturated heterocycles. The van der Waals surface area contributed by atoms with Crippen LogP contribution < -0.4 is 9.80 Å². The summed E-state index contributed by atoms with van der Waals surface area (Å²) in [5.74, 6) is -2.52. The van der Waals surface area contributed by atoms with E-state index >= 15 is 0 Å². The molecule has 0 radical (unpaired) electrons. The first-order valence-corrected chi connectivity index (χ1v) is 10.2.